The summed E-state index contributed by atoms with van der Waals surface area (Å²) in [5, 5.41) is 0.483. The molecule has 2 aliphatic rings. The minimum atomic E-state index is -5.88. The molecule has 7 nitrogen and oxygen atoms in total. The first-order chi connectivity index (χ1) is 17.8. The average Bonchev–Trinajstić information content (AvgIpc) is 3.52. The number of rotatable bonds is 6. The van der Waals surface area contributed by atoms with Crippen LogP contribution in [0.3, 0.4) is 0 Å². The zero-order valence-corrected chi connectivity index (χ0v) is 22.1. The Morgan fingerprint density at radius 3 is 2.42 bits per heavy atom. The Morgan fingerprint density at radius 2 is 1.79 bits per heavy atom. The van der Waals surface area contributed by atoms with Crippen molar-refractivity contribution >= 4 is 27.6 Å². The summed E-state index contributed by atoms with van der Waals surface area (Å²) < 4.78 is 69.0. The molecule has 2 aliphatic heterocycles. The summed E-state index contributed by atoms with van der Waals surface area (Å²) in [6.45, 7) is 4.03. The summed E-state index contributed by atoms with van der Waals surface area (Å²) in [7, 11) is -5.88. The number of benzene rings is 2. The molecule has 38 heavy (non-hydrogen) atoms. The number of imidazole rings is 1. The lowest BCUT2D eigenvalue weighted by atomic mass is 9.79. The van der Waals surface area contributed by atoms with Crippen LogP contribution in [0, 0.1) is 0 Å². The molecule has 5 rings (SSSR count). The highest BCUT2D eigenvalue weighted by atomic mass is 35.5. The van der Waals surface area contributed by atoms with Crippen molar-refractivity contribution in [3.05, 3.63) is 71.0 Å². The average molecular weight is 568 g/mol. The van der Waals surface area contributed by atoms with Gasteiger partial charge in [-0.1, -0.05) is 23.7 Å². The second-order valence-electron chi connectivity index (χ2n) is 9.76. The fourth-order valence-corrected chi connectivity index (χ4v) is 6.33. The van der Waals surface area contributed by atoms with E-state index in [1.807, 2.05) is 23.3 Å². The van der Waals surface area contributed by atoms with Gasteiger partial charge >= 0.3 is 15.6 Å². The monoisotopic (exact) mass is 567 g/mol. The first-order valence-electron chi connectivity index (χ1n) is 12.1. The highest BCUT2D eigenvalue weighted by molar-refractivity contribution is 7.88. The molecule has 1 saturated heterocycles. The number of carbonyl (C=O) groups excluding carboxylic acids is 1. The molecule has 2 aromatic carbocycles. The molecule has 3 atom stereocenters. The van der Waals surface area contributed by atoms with E-state index in [9.17, 15) is 26.4 Å². The molecule has 0 N–H and O–H groups in total. The summed E-state index contributed by atoms with van der Waals surface area (Å²) in [4.78, 5) is 19.8. The molecule has 12 heteroatoms. The van der Waals surface area contributed by atoms with Gasteiger partial charge in [-0.3, -0.25) is 4.79 Å². The highest BCUT2D eigenvalue weighted by Gasteiger charge is 2.50. The van der Waals surface area contributed by atoms with Gasteiger partial charge in [0.1, 0.15) is 11.6 Å². The molecule has 1 aromatic heterocycles. The molecule has 202 valence electrons. The van der Waals surface area contributed by atoms with Crippen LogP contribution in [0.5, 0.6) is 5.75 Å². The van der Waals surface area contributed by atoms with Crippen LogP contribution in [0.15, 0.2) is 54.9 Å². The van der Waals surface area contributed by atoms with E-state index < -0.39 is 26.9 Å². The van der Waals surface area contributed by atoms with Crippen LogP contribution in [0.2, 0.25) is 5.02 Å². The third-order valence-corrected chi connectivity index (χ3v) is 8.71. The minimum absolute atomic E-state index is 0.0296. The second-order valence-corrected chi connectivity index (χ2v) is 11.7. The number of aromatic nitrogens is 2. The van der Waals surface area contributed by atoms with Crippen molar-refractivity contribution < 1.29 is 30.6 Å². The third-order valence-electron chi connectivity index (χ3n) is 7.48. The van der Waals surface area contributed by atoms with Crippen molar-refractivity contribution in [2.45, 2.75) is 62.7 Å². The van der Waals surface area contributed by atoms with Crippen molar-refractivity contribution in [3.8, 4) is 17.1 Å². The smallest absolute Gasteiger partial charge is 0.376 e. The van der Waals surface area contributed by atoms with Crippen LogP contribution in [-0.2, 0) is 20.5 Å². The predicted octanol–water partition coefficient (Wildman–Crippen LogP) is 5.72. The van der Waals surface area contributed by atoms with Crippen LogP contribution in [-0.4, -0.2) is 46.4 Å². The number of hydrogen-bond acceptors (Lipinski definition) is 5. The van der Waals surface area contributed by atoms with Gasteiger partial charge in [-0.15, -0.1) is 0 Å². The van der Waals surface area contributed by atoms with Crippen molar-refractivity contribution in [3.63, 3.8) is 0 Å². The Balaban J connectivity index is 1.63. The van der Waals surface area contributed by atoms with Gasteiger partial charge < -0.3 is 13.7 Å². The van der Waals surface area contributed by atoms with Crippen molar-refractivity contribution in [1.29, 1.82) is 0 Å². The standard InChI is InChI=1S/C26H25ClF3N3O4S/c1-16-3-4-17(2)33(16)23(34)11-12-25(18-5-7-19(27)8-6-18)22-15-20(37-38(35,36)26(28,29)30)9-10-21(22)24-31-13-14-32(24)25/h5-10,13-17H,3-4,11-12H2,1-2H3. The molecule has 0 spiro atoms. The number of halogens is 4. The molecule has 1 fully saturated rings. The summed E-state index contributed by atoms with van der Waals surface area (Å²) in [6.07, 6.45) is 5.56. The lowest BCUT2D eigenvalue weighted by molar-refractivity contribution is -0.133. The molecule has 0 aliphatic carbocycles. The maximum Gasteiger partial charge on any atom is 0.534 e. The molecule has 0 bridgehead atoms. The Labute approximate surface area is 223 Å². The Morgan fingerprint density at radius 1 is 1.13 bits per heavy atom. The second kappa shape index (κ2) is 9.30. The molecule has 3 heterocycles. The molecule has 0 saturated carbocycles. The first-order valence-corrected chi connectivity index (χ1v) is 13.9. The summed E-state index contributed by atoms with van der Waals surface area (Å²) in [6, 6.07) is 11.1. The van der Waals surface area contributed by atoms with Crippen molar-refractivity contribution in [2.75, 3.05) is 0 Å². The summed E-state index contributed by atoms with van der Waals surface area (Å²) >= 11 is 6.16. The van der Waals surface area contributed by atoms with Gasteiger partial charge in [0.2, 0.25) is 5.91 Å². The van der Waals surface area contributed by atoms with Crippen LogP contribution in [0.4, 0.5) is 13.2 Å². The van der Waals surface area contributed by atoms with Crippen molar-refractivity contribution in [2.24, 2.45) is 0 Å². The Bertz CT molecular complexity index is 1480. The van der Waals surface area contributed by atoms with Crippen LogP contribution in [0.1, 0.15) is 50.7 Å². The predicted molar refractivity (Wildman–Crippen MR) is 135 cm³/mol. The fourth-order valence-electron chi connectivity index (χ4n) is 5.75. The highest BCUT2D eigenvalue weighted by Crippen LogP contribution is 2.51. The van der Waals surface area contributed by atoms with E-state index in [-0.39, 0.29) is 30.8 Å². The van der Waals surface area contributed by atoms with E-state index in [4.69, 9.17) is 11.6 Å². The lowest BCUT2D eigenvalue weighted by Gasteiger charge is -2.35. The topological polar surface area (TPSA) is 81.5 Å². The number of likely N-dealkylation sites (tertiary alicyclic amines) is 1. The van der Waals surface area contributed by atoms with E-state index >= 15 is 0 Å². The van der Waals surface area contributed by atoms with Crippen molar-refractivity contribution in [1.82, 2.24) is 14.5 Å². The van der Waals surface area contributed by atoms with E-state index in [0.29, 0.717) is 27.5 Å². The zero-order chi connectivity index (χ0) is 27.5. The van der Waals surface area contributed by atoms with E-state index in [0.717, 1.165) is 18.9 Å². The first kappa shape index (κ1) is 26.6. The fraction of sp³-hybridized carbons (Fsp3) is 0.385. The molecule has 3 unspecified atom stereocenters. The molecule has 1 amide bonds. The van der Waals surface area contributed by atoms with Gasteiger partial charge in [-0.05, 0) is 74.6 Å². The quantitative estimate of drug-likeness (QED) is 0.281. The molecular weight excluding hydrogens is 543 g/mol. The van der Waals surface area contributed by atoms with Crippen LogP contribution >= 0.6 is 11.6 Å². The van der Waals surface area contributed by atoms with Gasteiger partial charge in [0.15, 0.2) is 0 Å². The number of hydrogen-bond donors (Lipinski definition) is 0. The summed E-state index contributed by atoms with van der Waals surface area (Å²) in [5.74, 6) is 0.0202. The van der Waals surface area contributed by atoms with E-state index in [2.05, 4.69) is 9.17 Å². The number of nitrogens with zero attached hydrogens (tertiary/aromatic N) is 3. The van der Waals surface area contributed by atoms with E-state index in [1.54, 1.807) is 36.7 Å². The largest absolute Gasteiger partial charge is 0.534 e. The molecular formula is C26H25ClF3N3O4S. The molecule has 0 radical (unpaired) electrons. The van der Waals surface area contributed by atoms with Gasteiger partial charge in [0.05, 0.1) is 5.54 Å². The minimum Gasteiger partial charge on any atom is -0.376 e. The molecule has 3 aromatic rings. The maximum absolute atomic E-state index is 13.4. The van der Waals surface area contributed by atoms with Crippen LogP contribution < -0.4 is 4.18 Å². The van der Waals surface area contributed by atoms with Gasteiger partial charge in [-0.25, -0.2) is 4.98 Å². The van der Waals surface area contributed by atoms with Gasteiger partial charge in [0.25, 0.3) is 0 Å². The normalized spacial score (nSPS) is 22.8. The number of amides is 1. The number of alkyl halides is 3. The SMILES string of the molecule is CC1CCC(C)N1C(=O)CCC1(c2ccc(Cl)cc2)c2cc(OS(=O)(=O)C(F)(F)F)ccc2-c2nccn21. The number of carbonyl (C=O) groups is 1. The number of fused-ring (bicyclic) bond motifs is 3. The third kappa shape index (κ3) is 4.25. The Kier molecular flexibility index (Phi) is 6.50. The van der Waals surface area contributed by atoms with Gasteiger partial charge in [0, 0.05) is 41.5 Å². The van der Waals surface area contributed by atoms with E-state index in [1.165, 1.54) is 12.1 Å². The summed E-state index contributed by atoms with van der Waals surface area (Å²) in [5.41, 5.74) is -4.87. The van der Waals surface area contributed by atoms with Gasteiger partial charge in [-0.2, -0.15) is 21.6 Å². The Hall–Kier alpha value is -3.05. The maximum atomic E-state index is 13.4. The zero-order valence-electron chi connectivity index (χ0n) is 20.6. The van der Waals surface area contributed by atoms with Crippen LogP contribution in [0.25, 0.3) is 11.4 Å². The lowest BCUT2D eigenvalue weighted by Crippen LogP contribution is -2.40.